The van der Waals surface area contributed by atoms with Crippen LogP contribution in [0.4, 0.5) is 5.69 Å². The number of sulfonamides is 1. The summed E-state index contributed by atoms with van der Waals surface area (Å²) in [5, 5.41) is 6.83. The van der Waals surface area contributed by atoms with Gasteiger partial charge in [0.15, 0.2) is 0 Å². The van der Waals surface area contributed by atoms with E-state index >= 15 is 0 Å². The van der Waals surface area contributed by atoms with Crippen molar-refractivity contribution in [3.63, 3.8) is 0 Å². The highest BCUT2D eigenvalue weighted by molar-refractivity contribution is 7.92. The molecule has 0 fully saturated rings. The average molecular weight is 312 g/mol. The Hall–Kier alpha value is -1.41. The Morgan fingerprint density at radius 1 is 1.50 bits per heavy atom. The minimum Gasteiger partial charge on any atom is -0.280 e. The van der Waals surface area contributed by atoms with Crippen LogP contribution in [0, 0.1) is 6.92 Å². The summed E-state index contributed by atoms with van der Waals surface area (Å²) in [7, 11) is -3.31. The normalized spacial score (nSPS) is 15.3. The topological polar surface area (TPSA) is 79.0 Å². The largest absolute Gasteiger partial charge is 0.280 e. The van der Waals surface area contributed by atoms with Gasteiger partial charge in [0.25, 0.3) is 0 Å². The number of aryl methyl sites for hydroxylation is 3. The molecular formula is C12H16N4O2S2. The fourth-order valence-corrected chi connectivity index (χ4v) is 4.87. The number of hydrogen-bond donors (Lipinski definition) is 1. The van der Waals surface area contributed by atoms with Gasteiger partial charge in [0, 0.05) is 11.4 Å². The second-order valence-corrected chi connectivity index (χ2v) is 7.79. The molecule has 0 spiro atoms. The van der Waals surface area contributed by atoms with Crippen LogP contribution in [0.25, 0.3) is 0 Å². The maximum absolute atomic E-state index is 12.5. The summed E-state index contributed by atoms with van der Waals surface area (Å²) < 4.78 is 26.5. The van der Waals surface area contributed by atoms with Crippen molar-refractivity contribution in [1.29, 1.82) is 0 Å². The number of aromatic amines is 1. The highest BCUT2D eigenvalue weighted by Crippen LogP contribution is 2.28. The minimum atomic E-state index is -3.31. The molecule has 3 rings (SSSR count). The third-order valence-corrected chi connectivity index (χ3v) is 6.29. The van der Waals surface area contributed by atoms with Crippen molar-refractivity contribution in [2.45, 2.75) is 26.2 Å². The summed E-state index contributed by atoms with van der Waals surface area (Å²) in [5.41, 5.74) is 4.30. The smallest absolute Gasteiger partial charge is 0.235 e. The molecule has 3 heterocycles. The van der Waals surface area contributed by atoms with E-state index in [1.54, 1.807) is 11.7 Å². The number of aromatic nitrogens is 3. The fourth-order valence-electron chi connectivity index (χ4n) is 2.41. The number of nitrogens with one attached hydrogen (secondary N) is 1. The molecule has 0 saturated carbocycles. The third-order valence-electron chi connectivity index (χ3n) is 3.52. The van der Waals surface area contributed by atoms with Gasteiger partial charge in [-0.2, -0.15) is 5.10 Å². The molecule has 0 amide bonds. The van der Waals surface area contributed by atoms with Gasteiger partial charge in [-0.05, 0) is 26.2 Å². The Kier molecular flexibility index (Phi) is 3.51. The molecule has 20 heavy (non-hydrogen) atoms. The second kappa shape index (κ2) is 5.17. The van der Waals surface area contributed by atoms with Crippen LogP contribution < -0.4 is 4.31 Å². The summed E-state index contributed by atoms with van der Waals surface area (Å²) in [6.45, 7) is 2.45. The van der Waals surface area contributed by atoms with Gasteiger partial charge in [-0.25, -0.2) is 13.4 Å². The zero-order valence-corrected chi connectivity index (χ0v) is 12.8. The van der Waals surface area contributed by atoms with E-state index in [9.17, 15) is 8.42 Å². The molecule has 2 aromatic heterocycles. The SMILES string of the molecule is Cc1ncsc1CCS(=O)(=O)N1CCCc2[nH]ncc21. The lowest BCUT2D eigenvalue weighted by Crippen LogP contribution is -2.37. The first-order valence-corrected chi connectivity index (χ1v) is 8.98. The number of rotatable bonds is 4. The van der Waals surface area contributed by atoms with Crippen LogP contribution in [0.2, 0.25) is 0 Å². The summed E-state index contributed by atoms with van der Waals surface area (Å²) in [6.07, 6.45) is 3.80. The number of fused-ring (bicyclic) bond motifs is 1. The van der Waals surface area contributed by atoms with E-state index in [1.165, 1.54) is 15.6 Å². The monoisotopic (exact) mass is 312 g/mol. The Morgan fingerprint density at radius 3 is 3.10 bits per heavy atom. The molecule has 0 atom stereocenters. The molecule has 0 radical (unpaired) electrons. The summed E-state index contributed by atoms with van der Waals surface area (Å²) >= 11 is 1.51. The first-order chi connectivity index (χ1) is 9.58. The molecule has 0 bridgehead atoms. The molecule has 0 saturated heterocycles. The van der Waals surface area contributed by atoms with Gasteiger partial charge in [-0.15, -0.1) is 11.3 Å². The van der Waals surface area contributed by atoms with Crippen LogP contribution in [-0.4, -0.2) is 35.9 Å². The first-order valence-electron chi connectivity index (χ1n) is 6.49. The molecule has 0 aliphatic carbocycles. The van der Waals surface area contributed by atoms with E-state index in [2.05, 4.69) is 15.2 Å². The van der Waals surface area contributed by atoms with E-state index in [4.69, 9.17) is 0 Å². The third kappa shape index (κ3) is 2.45. The van der Waals surface area contributed by atoms with E-state index in [0.29, 0.717) is 18.7 Å². The van der Waals surface area contributed by atoms with Gasteiger partial charge in [0.05, 0.1) is 34.5 Å². The highest BCUT2D eigenvalue weighted by atomic mass is 32.2. The van der Waals surface area contributed by atoms with Gasteiger partial charge < -0.3 is 0 Å². The number of anilines is 1. The van der Waals surface area contributed by atoms with E-state index < -0.39 is 10.0 Å². The zero-order valence-electron chi connectivity index (χ0n) is 11.2. The van der Waals surface area contributed by atoms with E-state index in [-0.39, 0.29) is 5.75 Å². The lowest BCUT2D eigenvalue weighted by molar-refractivity contribution is 0.585. The highest BCUT2D eigenvalue weighted by Gasteiger charge is 2.28. The maximum atomic E-state index is 12.5. The van der Waals surface area contributed by atoms with Crippen LogP contribution in [0.5, 0.6) is 0 Å². The van der Waals surface area contributed by atoms with Gasteiger partial charge in [0.1, 0.15) is 0 Å². The van der Waals surface area contributed by atoms with Crippen LogP contribution in [0.3, 0.4) is 0 Å². The Balaban J connectivity index is 1.78. The number of thiazole rings is 1. The Labute approximate surface area is 121 Å². The first kappa shape index (κ1) is 13.6. The van der Waals surface area contributed by atoms with Crippen LogP contribution in [0.15, 0.2) is 11.7 Å². The molecular weight excluding hydrogens is 296 g/mol. The Bertz CT molecular complexity index is 705. The van der Waals surface area contributed by atoms with Crippen LogP contribution >= 0.6 is 11.3 Å². The van der Waals surface area contributed by atoms with Gasteiger partial charge >= 0.3 is 0 Å². The van der Waals surface area contributed by atoms with Crippen molar-refractivity contribution in [3.8, 4) is 0 Å². The molecule has 0 unspecified atom stereocenters. The average Bonchev–Trinajstić information content (AvgIpc) is 3.04. The van der Waals surface area contributed by atoms with E-state index in [1.807, 2.05) is 6.92 Å². The molecule has 6 nitrogen and oxygen atoms in total. The molecule has 2 aromatic rings. The molecule has 108 valence electrons. The quantitative estimate of drug-likeness (QED) is 0.928. The van der Waals surface area contributed by atoms with Crippen LogP contribution in [-0.2, 0) is 22.9 Å². The number of hydrogen-bond acceptors (Lipinski definition) is 5. The minimum absolute atomic E-state index is 0.112. The number of H-pyrrole nitrogens is 1. The molecule has 0 aromatic carbocycles. The lowest BCUT2D eigenvalue weighted by Gasteiger charge is -2.27. The predicted octanol–water partition coefficient (Wildman–Crippen LogP) is 1.50. The Morgan fingerprint density at radius 2 is 2.35 bits per heavy atom. The predicted molar refractivity (Wildman–Crippen MR) is 78.6 cm³/mol. The lowest BCUT2D eigenvalue weighted by atomic mass is 10.1. The van der Waals surface area contributed by atoms with Crippen molar-refractivity contribution >= 4 is 27.0 Å². The maximum Gasteiger partial charge on any atom is 0.235 e. The molecule has 8 heteroatoms. The second-order valence-electron chi connectivity index (χ2n) is 4.84. The fraction of sp³-hybridized carbons (Fsp3) is 0.500. The van der Waals surface area contributed by atoms with Gasteiger partial charge in [0.2, 0.25) is 10.0 Å². The molecule has 1 aliphatic heterocycles. The van der Waals surface area contributed by atoms with Gasteiger partial charge in [-0.1, -0.05) is 0 Å². The molecule has 1 N–H and O–H groups in total. The van der Waals surface area contributed by atoms with Crippen molar-refractivity contribution in [2.24, 2.45) is 0 Å². The van der Waals surface area contributed by atoms with Gasteiger partial charge in [-0.3, -0.25) is 9.40 Å². The summed E-state index contributed by atoms with van der Waals surface area (Å²) in [6, 6.07) is 0. The standard InChI is InChI=1S/C12H16N4O2S2/c1-9-12(19-8-13-9)4-6-20(17,18)16-5-2-3-10-11(16)7-14-15-10/h7-8H,2-6H2,1H3,(H,14,15). The summed E-state index contributed by atoms with van der Waals surface area (Å²) in [5.74, 6) is 0.112. The number of nitrogens with zero attached hydrogens (tertiary/aromatic N) is 3. The molecule has 1 aliphatic rings. The van der Waals surface area contributed by atoms with Crippen LogP contribution in [0.1, 0.15) is 22.7 Å². The van der Waals surface area contributed by atoms with E-state index in [0.717, 1.165) is 29.1 Å². The van der Waals surface area contributed by atoms with Crippen molar-refractivity contribution < 1.29 is 8.42 Å². The van der Waals surface area contributed by atoms with Crippen molar-refractivity contribution in [3.05, 3.63) is 28.0 Å². The summed E-state index contributed by atoms with van der Waals surface area (Å²) in [4.78, 5) is 5.19. The van der Waals surface area contributed by atoms with Crippen molar-refractivity contribution in [1.82, 2.24) is 15.2 Å². The van der Waals surface area contributed by atoms with Crippen molar-refractivity contribution in [2.75, 3.05) is 16.6 Å². The zero-order chi connectivity index (χ0) is 14.2.